The summed E-state index contributed by atoms with van der Waals surface area (Å²) in [6, 6.07) is 2.07. The maximum Gasteiger partial charge on any atom is 0.0645 e. The number of hydrogen-bond acceptors (Lipinski definition) is 3. The van der Waals surface area contributed by atoms with Crippen molar-refractivity contribution in [2.75, 3.05) is 13.2 Å². The smallest absolute Gasteiger partial charge is 0.0645 e. The Labute approximate surface area is 97.0 Å². The van der Waals surface area contributed by atoms with Crippen LogP contribution < -0.4 is 5.32 Å². The Bertz CT molecular complexity index is 329. The van der Waals surface area contributed by atoms with Gasteiger partial charge in [0.15, 0.2) is 0 Å². The number of nitrogens with zero attached hydrogens (tertiary/aromatic N) is 2. The first kappa shape index (κ1) is 11.6. The molecule has 1 aliphatic rings. The van der Waals surface area contributed by atoms with Gasteiger partial charge in [-0.3, -0.25) is 4.68 Å². The van der Waals surface area contributed by atoms with E-state index in [-0.39, 0.29) is 5.54 Å². The molecule has 1 aliphatic heterocycles. The maximum atomic E-state index is 5.53. The predicted molar refractivity (Wildman–Crippen MR) is 63.2 cm³/mol. The summed E-state index contributed by atoms with van der Waals surface area (Å²) in [7, 11) is 0. The van der Waals surface area contributed by atoms with E-state index < -0.39 is 0 Å². The van der Waals surface area contributed by atoms with Crippen molar-refractivity contribution < 1.29 is 4.74 Å². The van der Waals surface area contributed by atoms with Gasteiger partial charge in [-0.15, -0.1) is 0 Å². The fourth-order valence-electron chi connectivity index (χ4n) is 2.17. The number of aromatic nitrogens is 2. The van der Waals surface area contributed by atoms with Gasteiger partial charge in [0.25, 0.3) is 0 Å². The molecule has 90 valence electrons. The summed E-state index contributed by atoms with van der Waals surface area (Å²) >= 11 is 0. The lowest BCUT2D eigenvalue weighted by molar-refractivity contribution is 0.0275. The van der Waals surface area contributed by atoms with Crippen molar-refractivity contribution in [2.24, 2.45) is 0 Å². The van der Waals surface area contributed by atoms with Crippen LogP contribution in [0.2, 0.25) is 0 Å². The molecule has 2 heterocycles. The van der Waals surface area contributed by atoms with Gasteiger partial charge in [-0.25, -0.2) is 0 Å². The van der Waals surface area contributed by atoms with Gasteiger partial charge >= 0.3 is 0 Å². The highest BCUT2D eigenvalue weighted by Gasteiger charge is 2.26. The average Bonchev–Trinajstić information content (AvgIpc) is 2.75. The molecule has 0 amide bonds. The largest absolute Gasteiger partial charge is 0.380 e. The molecule has 0 radical (unpaired) electrons. The van der Waals surface area contributed by atoms with E-state index in [1.165, 1.54) is 12.1 Å². The average molecular weight is 223 g/mol. The lowest BCUT2D eigenvalue weighted by Crippen LogP contribution is -2.48. The number of ether oxygens (including phenoxy) is 1. The van der Waals surface area contributed by atoms with E-state index >= 15 is 0 Å². The monoisotopic (exact) mass is 223 g/mol. The quantitative estimate of drug-likeness (QED) is 0.842. The Morgan fingerprint density at radius 1 is 1.62 bits per heavy atom. The standard InChI is InChI=1S/C12H21N3O/c1-3-15-11(5-7-14-15)9-13-12(2)6-4-8-16-10-12/h5,7,13H,3-4,6,8-10H2,1-2H3. The predicted octanol–water partition coefficient (Wildman–Crippen LogP) is 1.56. The lowest BCUT2D eigenvalue weighted by Gasteiger charge is -2.34. The maximum absolute atomic E-state index is 5.53. The van der Waals surface area contributed by atoms with Crippen molar-refractivity contribution >= 4 is 0 Å². The highest BCUT2D eigenvalue weighted by Crippen LogP contribution is 2.18. The van der Waals surface area contributed by atoms with Gasteiger partial charge in [-0.05, 0) is 32.8 Å². The van der Waals surface area contributed by atoms with Gasteiger partial charge in [0.2, 0.25) is 0 Å². The zero-order valence-corrected chi connectivity index (χ0v) is 10.2. The molecule has 0 aliphatic carbocycles. The van der Waals surface area contributed by atoms with Crippen molar-refractivity contribution in [2.45, 2.75) is 45.3 Å². The molecular formula is C12H21N3O. The molecule has 0 saturated carbocycles. The molecule has 1 fully saturated rings. The molecule has 0 aromatic carbocycles. The summed E-state index contributed by atoms with van der Waals surface area (Å²) < 4.78 is 7.55. The summed E-state index contributed by atoms with van der Waals surface area (Å²) in [5.41, 5.74) is 1.37. The van der Waals surface area contributed by atoms with Gasteiger partial charge < -0.3 is 10.1 Å². The van der Waals surface area contributed by atoms with Crippen LogP contribution in [0.3, 0.4) is 0 Å². The third-order valence-corrected chi connectivity index (χ3v) is 3.24. The van der Waals surface area contributed by atoms with E-state index in [2.05, 4.69) is 30.3 Å². The molecule has 4 nitrogen and oxygen atoms in total. The molecule has 1 saturated heterocycles. The third-order valence-electron chi connectivity index (χ3n) is 3.24. The van der Waals surface area contributed by atoms with Crippen molar-refractivity contribution in [3.05, 3.63) is 18.0 Å². The van der Waals surface area contributed by atoms with E-state index in [0.29, 0.717) is 0 Å². The topological polar surface area (TPSA) is 39.1 Å². The van der Waals surface area contributed by atoms with Crippen LogP contribution in [0.1, 0.15) is 32.4 Å². The molecule has 1 N–H and O–H groups in total. The fourth-order valence-corrected chi connectivity index (χ4v) is 2.17. The highest BCUT2D eigenvalue weighted by atomic mass is 16.5. The minimum Gasteiger partial charge on any atom is -0.380 e. The van der Waals surface area contributed by atoms with E-state index in [9.17, 15) is 0 Å². The second-order valence-electron chi connectivity index (χ2n) is 4.71. The Morgan fingerprint density at radius 3 is 3.19 bits per heavy atom. The minimum absolute atomic E-state index is 0.126. The molecule has 1 aromatic rings. The van der Waals surface area contributed by atoms with Gasteiger partial charge in [-0.2, -0.15) is 5.10 Å². The molecule has 1 unspecified atom stereocenters. The number of nitrogens with one attached hydrogen (secondary N) is 1. The van der Waals surface area contributed by atoms with Crippen LogP contribution in [0.15, 0.2) is 12.3 Å². The summed E-state index contributed by atoms with van der Waals surface area (Å²) in [6.45, 7) is 7.86. The van der Waals surface area contributed by atoms with E-state index in [1.54, 1.807) is 0 Å². The fraction of sp³-hybridized carbons (Fsp3) is 0.750. The van der Waals surface area contributed by atoms with Crippen molar-refractivity contribution in [3.8, 4) is 0 Å². The zero-order chi connectivity index (χ0) is 11.4. The Hall–Kier alpha value is -0.870. The van der Waals surface area contributed by atoms with Gasteiger partial charge in [0, 0.05) is 31.4 Å². The first-order valence-corrected chi connectivity index (χ1v) is 6.07. The summed E-state index contributed by atoms with van der Waals surface area (Å²) in [6.07, 6.45) is 4.20. The van der Waals surface area contributed by atoms with Crippen LogP contribution in [-0.4, -0.2) is 28.5 Å². The van der Waals surface area contributed by atoms with Crippen LogP contribution in [-0.2, 0) is 17.8 Å². The van der Waals surface area contributed by atoms with Crippen molar-refractivity contribution in [1.82, 2.24) is 15.1 Å². The first-order valence-electron chi connectivity index (χ1n) is 6.07. The number of aryl methyl sites for hydroxylation is 1. The van der Waals surface area contributed by atoms with Gasteiger partial charge in [0.1, 0.15) is 0 Å². The molecule has 1 atom stereocenters. The lowest BCUT2D eigenvalue weighted by atomic mass is 9.95. The summed E-state index contributed by atoms with van der Waals surface area (Å²) in [5.74, 6) is 0. The third kappa shape index (κ3) is 2.62. The number of hydrogen-bond donors (Lipinski definition) is 1. The van der Waals surface area contributed by atoms with Crippen molar-refractivity contribution in [3.63, 3.8) is 0 Å². The second-order valence-corrected chi connectivity index (χ2v) is 4.71. The summed E-state index contributed by atoms with van der Waals surface area (Å²) in [5, 5.41) is 7.86. The van der Waals surface area contributed by atoms with Crippen LogP contribution in [0.25, 0.3) is 0 Å². The SMILES string of the molecule is CCn1nccc1CNC1(C)CCCOC1. The zero-order valence-electron chi connectivity index (χ0n) is 10.2. The Morgan fingerprint density at radius 2 is 2.50 bits per heavy atom. The van der Waals surface area contributed by atoms with Crippen LogP contribution >= 0.6 is 0 Å². The van der Waals surface area contributed by atoms with Crippen LogP contribution in [0.4, 0.5) is 0 Å². The Balaban J connectivity index is 1.91. The highest BCUT2D eigenvalue weighted by molar-refractivity contribution is 5.01. The molecule has 4 heteroatoms. The molecular weight excluding hydrogens is 202 g/mol. The van der Waals surface area contributed by atoms with Crippen LogP contribution in [0, 0.1) is 0 Å². The van der Waals surface area contributed by atoms with Crippen LogP contribution in [0.5, 0.6) is 0 Å². The van der Waals surface area contributed by atoms with Gasteiger partial charge in [-0.1, -0.05) is 0 Å². The molecule has 2 rings (SSSR count). The first-order chi connectivity index (χ1) is 7.73. The van der Waals surface area contributed by atoms with E-state index in [0.717, 1.165) is 32.7 Å². The normalized spacial score (nSPS) is 25.9. The van der Waals surface area contributed by atoms with E-state index in [1.807, 2.05) is 10.9 Å². The molecule has 1 aromatic heterocycles. The van der Waals surface area contributed by atoms with Gasteiger partial charge in [0.05, 0.1) is 12.3 Å². The second kappa shape index (κ2) is 4.97. The minimum atomic E-state index is 0.126. The molecule has 0 bridgehead atoms. The molecule has 0 spiro atoms. The molecule has 16 heavy (non-hydrogen) atoms. The Kier molecular flexibility index (Phi) is 3.61. The van der Waals surface area contributed by atoms with Crippen molar-refractivity contribution in [1.29, 1.82) is 0 Å². The number of rotatable bonds is 4. The van der Waals surface area contributed by atoms with E-state index in [4.69, 9.17) is 4.74 Å². The summed E-state index contributed by atoms with van der Waals surface area (Å²) in [4.78, 5) is 0.